The summed E-state index contributed by atoms with van der Waals surface area (Å²) in [6.07, 6.45) is 0. The molecule has 7 heteroatoms. The van der Waals surface area contributed by atoms with Crippen molar-refractivity contribution in [1.82, 2.24) is 8.61 Å². The van der Waals surface area contributed by atoms with Gasteiger partial charge in [-0.15, -0.1) is 0 Å². The predicted octanol–water partition coefficient (Wildman–Crippen LogP) is -0.660. The fourth-order valence-corrected chi connectivity index (χ4v) is 3.09. The molecule has 0 amide bonds. The van der Waals surface area contributed by atoms with Crippen LogP contribution in [0.25, 0.3) is 0 Å². The van der Waals surface area contributed by atoms with Crippen molar-refractivity contribution >= 4 is 16.2 Å². The molecule has 82 valence electrons. The zero-order valence-corrected chi connectivity index (χ0v) is 9.15. The molecule has 1 atom stereocenters. The van der Waals surface area contributed by atoms with Crippen molar-refractivity contribution in [3.05, 3.63) is 0 Å². The van der Waals surface area contributed by atoms with Gasteiger partial charge in [-0.2, -0.15) is 17.0 Å². The quantitative estimate of drug-likeness (QED) is 0.673. The summed E-state index contributed by atoms with van der Waals surface area (Å²) in [6.45, 7) is 3.46. The van der Waals surface area contributed by atoms with E-state index in [0.29, 0.717) is 0 Å². The van der Waals surface area contributed by atoms with E-state index in [1.807, 2.05) is 0 Å². The van der Waals surface area contributed by atoms with Gasteiger partial charge < -0.3 is 5.11 Å². The number of aliphatic carboxylic acids is 1. The Morgan fingerprint density at radius 2 is 2.00 bits per heavy atom. The van der Waals surface area contributed by atoms with Gasteiger partial charge in [-0.25, -0.2) is 0 Å². The number of rotatable bonds is 2. The molecule has 0 aromatic heterocycles. The molecule has 1 aliphatic rings. The Morgan fingerprint density at radius 3 is 2.21 bits per heavy atom. The summed E-state index contributed by atoms with van der Waals surface area (Å²) in [4.78, 5) is 10.7. The smallest absolute Gasteiger partial charge is 0.323 e. The number of hydrogen-bond acceptors (Lipinski definition) is 3. The first-order valence-electron chi connectivity index (χ1n) is 4.26. The van der Waals surface area contributed by atoms with Crippen molar-refractivity contribution in [3.63, 3.8) is 0 Å². The van der Waals surface area contributed by atoms with Crippen molar-refractivity contribution in [2.24, 2.45) is 0 Å². The van der Waals surface area contributed by atoms with Crippen LogP contribution in [0.15, 0.2) is 0 Å². The summed E-state index contributed by atoms with van der Waals surface area (Å²) in [5.74, 6) is -1.11. The van der Waals surface area contributed by atoms with Crippen LogP contribution in [-0.4, -0.2) is 53.8 Å². The molecule has 0 aromatic carbocycles. The molecule has 1 fully saturated rings. The minimum absolute atomic E-state index is 0.0197. The van der Waals surface area contributed by atoms with Gasteiger partial charge in [0.1, 0.15) is 6.04 Å². The second kappa shape index (κ2) is 3.48. The Hall–Kier alpha value is -0.660. The largest absolute Gasteiger partial charge is 0.480 e. The summed E-state index contributed by atoms with van der Waals surface area (Å²) >= 11 is 0. The van der Waals surface area contributed by atoms with Gasteiger partial charge in [0.15, 0.2) is 0 Å². The Balaban J connectivity index is 3.03. The van der Waals surface area contributed by atoms with Crippen LogP contribution in [0.5, 0.6) is 0 Å². The van der Waals surface area contributed by atoms with Gasteiger partial charge in [0.05, 0.1) is 0 Å². The maximum Gasteiger partial charge on any atom is 0.323 e. The van der Waals surface area contributed by atoms with Gasteiger partial charge in [-0.05, 0) is 13.8 Å². The van der Waals surface area contributed by atoms with Gasteiger partial charge in [0.25, 0.3) is 10.2 Å². The molecule has 1 rings (SSSR count). The fraction of sp³-hybridized carbons (Fsp3) is 0.857. The summed E-state index contributed by atoms with van der Waals surface area (Å²) in [7, 11) is -2.29. The van der Waals surface area contributed by atoms with Crippen LogP contribution in [0.3, 0.4) is 0 Å². The minimum Gasteiger partial charge on any atom is -0.480 e. The third kappa shape index (κ3) is 1.62. The Morgan fingerprint density at radius 1 is 1.50 bits per heavy atom. The zero-order valence-electron chi connectivity index (χ0n) is 8.34. The van der Waals surface area contributed by atoms with Gasteiger partial charge in [-0.1, -0.05) is 0 Å². The molecule has 0 spiro atoms. The van der Waals surface area contributed by atoms with Gasteiger partial charge in [0.2, 0.25) is 0 Å². The van der Waals surface area contributed by atoms with E-state index < -0.39 is 22.2 Å². The van der Waals surface area contributed by atoms with Gasteiger partial charge >= 0.3 is 5.97 Å². The topological polar surface area (TPSA) is 77.9 Å². The number of hydrogen-bond donors (Lipinski definition) is 1. The molecule has 1 saturated heterocycles. The van der Waals surface area contributed by atoms with Crippen molar-refractivity contribution in [2.75, 3.05) is 13.6 Å². The monoisotopic (exact) mass is 222 g/mol. The lowest BCUT2D eigenvalue weighted by Gasteiger charge is -2.18. The van der Waals surface area contributed by atoms with Gasteiger partial charge in [-0.3, -0.25) is 4.79 Å². The molecule has 1 heterocycles. The van der Waals surface area contributed by atoms with E-state index >= 15 is 0 Å². The van der Waals surface area contributed by atoms with Crippen LogP contribution < -0.4 is 0 Å². The highest BCUT2D eigenvalue weighted by Crippen LogP contribution is 2.22. The van der Waals surface area contributed by atoms with Crippen LogP contribution in [-0.2, 0) is 15.0 Å². The average molecular weight is 222 g/mol. The Kier molecular flexibility index (Phi) is 2.84. The number of likely N-dealkylation sites (N-methyl/N-ethyl adjacent to an activating group) is 1. The van der Waals surface area contributed by atoms with E-state index in [1.165, 1.54) is 11.4 Å². The van der Waals surface area contributed by atoms with Gasteiger partial charge in [0, 0.05) is 19.6 Å². The van der Waals surface area contributed by atoms with E-state index in [9.17, 15) is 13.2 Å². The number of nitrogens with zero attached hydrogens (tertiary/aromatic N) is 2. The molecule has 1 aliphatic heterocycles. The first kappa shape index (κ1) is 11.4. The van der Waals surface area contributed by atoms with E-state index in [1.54, 1.807) is 13.8 Å². The van der Waals surface area contributed by atoms with Crippen LogP contribution >= 0.6 is 0 Å². The van der Waals surface area contributed by atoms with E-state index in [4.69, 9.17) is 5.11 Å². The molecular weight excluding hydrogens is 208 g/mol. The highest BCUT2D eigenvalue weighted by molar-refractivity contribution is 7.87. The Labute approximate surface area is 83.3 Å². The second-order valence-electron chi connectivity index (χ2n) is 3.54. The predicted molar refractivity (Wildman–Crippen MR) is 49.9 cm³/mol. The molecule has 6 nitrogen and oxygen atoms in total. The first-order valence-corrected chi connectivity index (χ1v) is 5.65. The van der Waals surface area contributed by atoms with Crippen LogP contribution in [0.1, 0.15) is 13.8 Å². The Bertz CT molecular complexity index is 338. The first-order chi connectivity index (χ1) is 6.28. The number of carbonyl (C=O) groups is 1. The summed E-state index contributed by atoms with van der Waals surface area (Å²) in [5.41, 5.74) is 0. The van der Waals surface area contributed by atoms with Crippen molar-refractivity contribution in [2.45, 2.75) is 25.9 Å². The molecule has 14 heavy (non-hydrogen) atoms. The normalized spacial score (nSPS) is 28.4. The lowest BCUT2D eigenvalue weighted by molar-refractivity contribution is -0.140. The molecule has 0 radical (unpaired) electrons. The molecule has 1 unspecified atom stereocenters. The van der Waals surface area contributed by atoms with Crippen molar-refractivity contribution in [3.8, 4) is 0 Å². The van der Waals surface area contributed by atoms with Crippen molar-refractivity contribution < 1.29 is 18.3 Å². The van der Waals surface area contributed by atoms with E-state index in [0.717, 1.165) is 4.31 Å². The summed E-state index contributed by atoms with van der Waals surface area (Å²) < 4.78 is 25.4. The average Bonchev–Trinajstić information content (AvgIpc) is 2.24. The number of carboxylic acids is 1. The fourth-order valence-electron chi connectivity index (χ4n) is 1.42. The zero-order chi connectivity index (χ0) is 11.1. The lowest BCUT2D eigenvalue weighted by atomic mass is 10.3. The van der Waals surface area contributed by atoms with Crippen molar-refractivity contribution in [1.29, 1.82) is 0 Å². The highest BCUT2D eigenvalue weighted by atomic mass is 32.2. The molecule has 0 bridgehead atoms. The van der Waals surface area contributed by atoms with E-state index in [-0.39, 0.29) is 12.6 Å². The third-order valence-electron chi connectivity index (χ3n) is 2.31. The molecule has 1 N–H and O–H groups in total. The third-order valence-corrected chi connectivity index (χ3v) is 4.46. The second-order valence-corrected chi connectivity index (χ2v) is 5.48. The minimum atomic E-state index is -3.57. The maximum absolute atomic E-state index is 11.6. The van der Waals surface area contributed by atoms with E-state index in [2.05, 4.69) is 0 Å². The maximum atomic E-state index is 11.6. The van der Waals surface area contributed by atoms with Crippen LogP contribution in [0.4, 0.5) is 0 Å². The van der Waals surface area contributed by atoms with Crippen LogP contribution in [0, 0.1) is 0 Å². The standard InChI is InChI=1S/C7H14N2O4S/c1-5(2)9-4-6(7(10)11)8(3)14(9,12)13/h5-6H,4H2,1-3H3,(H,10,11). The molecule has 0 saturated carbocycles. The summed E-state index contributed by atoms with van der Waals surface area (Å²) in [5, 5.41) is 8.78. The lowest BCUT2D eigenvalue weighted by Crippen LogP contribution is -2.37. The number of carboxylic acid groups (broad SMARTS) is 1. The molecular formula is C7H14N2O4S. The SMILES string of the molecule is CC(C)N1CC(C(=O)O)N(C)S1(=O)=O. The van der Waals surface area contributed by atoms with Crippen LogP contribution in [0.2, 0.25) is 0 Å². The highest BCUT2D eigenvalue weighted by Gasteiger charge is 2.45. The molecule has 0 aromatic rings. The summed E-state index contributed by atoms with van der Waals surface area (Å²) in [6, 6.07) is -1.19. The molecule has 0 aliphatic carbocycles.